The van der Waals surface area contributed by atoms with Crippen molar-refractivity contribution in [2.75, 3.05) is 0 Å². The summed E-state index contributed by atoms with van der Waals surface area (Å²) < 4.78 is 2.08. The summed E-state index contributed by atoms with van der Waals surface area (Å²) in [6.45, 7) is 0.486. The average molecular weight is 279 g/mol. The monoisotopic (exact) mass is 279 g/mol. The summed E-state index contributed by atoms with van der Waals surface area (Å²) >= 11 is 1.63. The van der Waals surface area contributed by atoms with Gasteiger partial charge in [0.1, 0.15) is 0 Å². The Morgan fingerprint density at radius 3 is 2.80 bits per heavy atom. The number of aromatic nitrogens is 2. The minimum Gasteiger partial charge on any atom is -0.325 e. The molecule has 0 radical (unpaired) electrons. The maximum absolute atomic E-state index is 5.91. The van der Waals surface area contributed by atoms with Gasteiger partial charge in [-0.25, -0.2) is 4.98 Å². The van der Waals surface area contributed by atoms with Crippen LogP contribution < -0.4 is 5.73 Å². The molecule has 0 aliphatic heterocycles. The predicted octanol–water partition coefficient (Wildman–Crippen LogP) is 3.67. The fourth-order valence-corrected chi connectivity index (χ4v) is 3.33. The minimum atomic E-state index is 0.486. The summed E-state index contributed by atoms with van der Waals surface area (Å²) in [5, 5.41) is 4.50. The first-order valence-corrected chi connectivity index (χ1v) is 7.38. The van der Waals surface area contributed by atoms with Crippen LogP contribution in [0, 0.1) is 0 Å². The van der Waals surface area contributed by atoms with Crippen LogP contribution in [-0.4, -0.2) is 9.38 Å². The molecule has 2 aromatic heterocycles. The van der Waals surface area contributed by atoms with Gasteiger partial charge in [0.15, 0.2) is 4.96 Å². The largest absolute Gasteiger partial charge is 0.325 e. The summed E-state index contributed by atoms with van der Waals surface area (Å²) in [4.78, 5) is 5.72. The van der Waals surface area contributed by atoms with E-state index in [1.54, 1.807) is 11.3 Å². The van der Waals surface area contributed by atoms with Gasteiger partial charge in [0.05, 0.1) is 11.4 Å². The molecule has 2 heterocycles. The van der Waals surface area contributed by atoms with E-state index >= 15 is 0 Å². The highest BCUT2D eigenvalue weighted by Crippen LogP contribution is 2.28. The molecule has 0 atom stereocenters. The van der Waals surface area contributed by atoms with Gasteiger partial charge in [0, 0.05) is 23.7 Å². The van der Waals surface area contributed by atoms with Crippen LogP contribution in [-0.2, 0) is 6.54 Å². The van der Waals surface area contributed by atoms with Gasteiger partial charge in [-0.2, -0.15) is 0 Å². The fraction of sp³-hybridized carbons (Fsp3) is 0.0625. The molecule has 0 fully saturated rings. The van der Waals surface area contributed by atoms with Crippen LogP contribution in [0.3, 0.4) is 0 Å². The Labute approximate surface area is 120 Å². The van der Waals surface area contributed by atoms with Crippen LogP contribution in [0.2, 0.25) is 0 Å². The average Bonchev–Trinajstić information content (AvgIpc) is 3.07. The second-order valence-corrected chi connectivity index (χ2v) is 5.60. The standard InChI is InChI=1S/C16H13N3S/c17-10-14-15(18-16-19(14)7-8-20-16)13-6-5-11-3-1-2-4-12(11)9-13/h1-9H,10,17H2. The molecular weight excluding hydrogens is 266 g/mol. The number of nitrogens with zero attached hydrogens (tertiary/aromatic N) is 2. The van der Waals surface area contributed by atoms with Crippen LogP contribution in [0.25, 0.3) is 27.0 Å². The summed E-state index contributed by atoms with van der Waals surface area (Å²) in [5.41, 5.74) is 9.10. The lowest BCUT2D eigenvalue weighted by Gasteiger charge is -2.04. The van der Waals surface area contributed by atoms with E-state index < -0.39 is 0 Å². The van der Waals surface area contributed by atoms with Crippen molar-refractivity contribution in [2.24, 2.45) is 5.73 Å². The molecule has 0 amide bonds. The second-order valence-electron chi connectivity index (χ2n) is 4.73. The SMILES string of the molecule is NCc1c(-c2ccc3ccccc3c2)nc2sccn12. The Morgan fingerprint density at radius 2 is 1.95 bits per heavy atom. The number of nitrogens with two attached hydrogens (primary N) is 1. The van der Waals surface area contributed by atoms with Crippen molar-refractivity contribution in [1.82, 2.24) is 9.38 Å². The molecule has 0 unspecified atom stereocenters. The van der Waals surface area contributed by atoms with E-state index in [2.05, 4.69) is 46.9 Å². The molecule has 4 aromatic rings. The number of imidazole rings is 1. The zero-order valence-corrected chi connectivity index (χ0v) is 11.6. The zero-order chi connectivity index (χ0) is 13.5. The molecule has 98 valence electrons. The molecule has 0 spiro atoms. The number of rotatable bonds is 2. The Kier molecular flexibility index (Phi) is 2.58. The van der Waals surface area contributed by atoms with Gasteiger partial charge in [-0.05, 0) is 16.8 Å². The third-order valence-corrected chi connectivity index (χ3v) is 4.33. The summed E-state index contributed by atoms with van der Waals surface area (Å²) in [6, 6.07) is 14.8. The van der Waals surface area contributed by atoms with E-state index in [-0.39, 0.29) is 0 Å². The molecular formula is C16H13N3S. The van der Waals surface area contributed by atoms with Crippen molar-refractivity contribution in [3.63, 3.8) is 0 Å². The molecule has 0 aliphatic carbocycles. The maximum atomic E-state index is 5.91. The highest BCUT2D eigenvalue weighted by Gasteiger charge is 2.13. The van der Waals surface area contributed by atoms with Gasteiger partial charge >= 0.3 is 0 Å². The lowest BCUT2D eigenvalue weighted by molar-refractivity contribution is 0.970. The van der Waals surface area contributed by atoms with Crippen LogP contribution >= 0.6 is 11.3 Å². The summed E-state index contributed by atoms with van der Waals surface area (Å²) in [6.07, 6.45) is 2.03. The van der Waals surface area contributed by atoms with Crippen LogP contribution in [0.5, 0.6) is 0 Å². The van der Waals surface area contributed by atoms with Gasteiger partial charge in [-0.15, -0.1) is 11.3 Å². The Bertz CT molecular complexity index is 904. The molecule has 2 aromatic carbocycles. The van der Waals surface area contributed by atoms with Crippen molar-refractivity contribution in [1.29, 1.82) is 0 Å². The lowest BCUT2D eigenvalue weighted by Crippen LogP contribution is -2.01. The Morgan fingerprint density at radius 1 is 1.10 bits per heavy atom. The highest BCUT2D eigenvalue weighted by atomic mass is 32.1. The Hall–Kier alpha value is -2.17. The topological polar surface area (TPSA) is 43.3 Å². The first-order valence-electron chi connectivity index (χ1n) is 6.50. The van der Waals surface area contributed by atoms with E-state index in [1.165, 1.54) is 10.8 Å². The predicted molar refractivity (Wildman–Crippen MR) is 83.9 cm³/mol. The van der Waals surface area contributed by atoms with E-state index in [4.69, 9.17) is 10.7 Å². The van der Waals surface area contributed by atoms with Gasteiger partial charge in [-0.3, -0.25) is 4.40 Å². The molecule has 2 N–H and O–H groups in total. The minimum absolute atomic E-state index is 0.486. The molecule has 4 rings (SSSR count). The summed E-state index contributed by atoms with van der Waals surface area (Å²) in [7, 11) is 0. The fourth-order valence-electron chi connectivity index (χ4n) is 2.60. The normalized spacial score (nSPS) is 11.4. The third kappa shape index (κ3) is 1.66. The zero-order valence-electron chi connectivity index (χ0n) is 10.8. The smallest absolute Gasteiger partial charge is 0.194 e. The van der Waals surface area contributed by atoms with Gasteiger partial charge < -0.3 is 5.73 Å². The second kappa shape index (κ2) is 4.44. The van der Waals surface area contributed by atoms with Crippen molar-refractivity contribution in [2.45, 2.75) is 6.54 Å². The van der Waals surface area contributed by atoms with E-state index in [0.29, 0.717) is 6.54 Å². The molecule has 0 saturated heterocycles. The first kappa shape index (κ1) is 11.6. The van der Waals surface area contributed by atoms with Gasteiger partial charge in [0.25, 0.3) is 0 Å². The molecule has 0 saturated carbocycles. The van der Waals surface area contributed by atoms with Crippen LogP contribution in [0.15, 0.2) is 54.0 Å². The molecule has 0 aliphatic rings. The molecule has 20 heavy (non-hydrogen) atoms. The van der Waals surface area contributed by atoms with Crippen molar-refractivity contribution in [3.8, 4) is 11.3 Å². The number of benzene rings is 2. The van der Waals surface area contributed by atoms with E-state index in [9.17, 15) is 0 Å². The number of thiazole rings is 1. The van der Waals surface area contributed by atoms with Crippen molar-refractivity contribution < 1.29 is 0 Å². The van der Waals surface area contributed by atoms with E-state index in [1.807, 2.05) is 11.6 Å². The lowest BCUT2D eigenvalue weighted by atomic mass is 10.0. The number of hydrogen-bond acceptors (Lipinski definition) is 3. The maximum Gasteiger partial charge on any atom is 0.194 e. The van der Waals surface area contributed by atoms with Gasteiger partial charge in [-0.1, -0.05) is 36.4 Å². The molecule has 3 nitrogen and oxygen atoms in total. The highest BCUT2D eigenvalue weighted by molar-refractivity contribution is 7.15. The van der Waals surface area contributed by atoms with Gasteiger partial charge in [0.2, 0.25) is 0 Å². The number of fused-ring (bicyclic) bond motifs is 2. The quantitative estimate of drug-likeness (QED) is 0.608. The molecule has 4 heteroatoms. The van der Waals surface area contributed by atoms with Crippen molar-refractivity contribution >= 4 is 27.1 Å². The third-order valence-electron chi connectivity index (χ3n) is 3.58. The van der Waals surface area contributed by atoms with E-state index in [0.717, 1.165) is 21.9 Å². The van der Waals surface area contributed by atoms with Crippen molar-refractivity contribution in [3.05, 3.63) is 59.7 Å². The Balaban J connectivity index is 1.97. The summed E-state index contributed by atoms with van der Waals surface area (Å²) in [5.74, 6) is 0. The van der Waals surface area contributed by atoms with Crippen LogP contribution in [0.1, 0.15) is 5.69 Å². The first-order chi connectivity index (χ1) is 9.86. The number of hydrogen-bond donors (Lipinski definition) is 1. The van der Waals surface area contributed by atoms with Crippen LogP contribution in [0.4, 0.5) is 0 Å². The molecule has 0 bridgehead atoms.